The van der Waals surface area contributed by atoms with Crippen LogP contribution in [0.15, 0.2) is 18.7 Å². The maximum atomic E-state index is 10.5. The van der Waals surface area contributed by atoms with Crippen molar-refractivity contribution >= 4 is 5.97 Å². The summed E-state index contributed by atoms with van der Waals surface area (Å²) in [5.41, 5.74) is 0.854. The molecule has 12 heavy (non-hydrogen) atoms. The minimum atomic E-state index is -0.793. The third kappa shape index (κ3) is 2.30. The normalized spacial score (nSPS) is 12.4. The van der Waals surface area contributed by atoms with Crippen LogP contribution in [0.3, 0.4) is 0 Å². The predicted molar refractivity (Wildman–Crippen MR) is 42.5 cm³/mol. The van der Waals surface area contributed by atoms with Crippen LogP contribution in [0, 0.1) is 5.92 Å². The van der Waals surface area contributed by atoms with Crippen molar-refractivity contribution in [3.63, 3.8) is 0 Å². The molecule has 1 atom stereocenters. The zero-order chi connectivity index (χ0) is 8.97. The molecule has 0 amide bonds. The minimum Gasteiger partial charge on any atom is -0.481 e. The van der Waals surface area contributed by atoms with Gasteiger partial charge in [0.25, 0.3) is 0 Å². The Balaban J connectivity index is 2.58. The zero-order valence-electron chi connectivity index (χ0n) is 6.77. The molecule has 0 aliphatic rings. The van der Waals surface area contributed by atoms with Crippen LogP contribution in [-0.4, -0.2) is 21.0 Å². The maximum Gasteiger partial charge on any atom is 0.306 e. The fourth-order valence-corrected chi connectivity index (χ4v) is 0.876. The molecule has 1 aromatic rings. The van der Waals surface area contributed by atoms with Crippen molar-refractivity contribution < 1.29 is 9.90 Å². The summed E-state index contributed by atoms with van der Waals surface area (Å²) < 4.78 is 0. The van der Waals surface area contributed by atoms with Crippen LogP contribution in [-0.2, 0) is 11.2 Å². The van der Waals surface area contributed by atoms with E-state index in [9.17, 15) is 4.79 Å². The Morgan fingerprint density at radius 2 is 2.17 bits per heavy atom. The summed E-state index contributed by atoms with van der Waals surface area (Å²) in [6.45, 7) is 1.66. The second-order valence-electron chi connectivity index (χ2n) is 2.69. The topological polar surface area (TPSA) is 63.1 Å². The highest BCUT2D eigenvalue weighted by atomic mass is 16.4. The lowest BCUT2D eigenvalue weighted by molar-refractivity contribution is -0.141. The molecule has 4 heteroatoms. The number of aromatic nitrogens is 2. The molecule has 1 rings (SSSR count). The van der Waals surface area contributed by atoms with Crippen LogP contribution in [0.4, 0.5) is 0 Å². The molecule has 4 nitrogen and oxygen atoms in total. The Bertz CT molecular complexity index is 261. The summed E-state index contributed by atoms with van der Waals surface area (Å²) in [5, 5.41) is 8.60. The highest BCUT2D eigenvalue weighted by Gasteiger charge is 2.11. The molecular weight excluding hydrogens is 156 g/mol. The van der Waals surface area contributed by atoms with Gasteiger partial charge in [-0.15, -0.1) is 0 Å². The van der Waals surface area contributed by atoms with Gasteiger partial charge >= 0.3 is 5.97 Å². The Morgan fingerprint density at radius 1 is 1.58 bits per heavy atom. The molecule has 0 spiro atoms. The van der Waals surface area contributed by atoms with Gasteiger partial charge in [-0.05, 0) is 12.0 Å². The second kappa shape index (κ2) is 3.80. The molecule has 1 unspecified atom stereocenters. The first kappa shape index (κ1) is 8.64. The van der Waals surface area contributed by atoms with E-state index in [1.54, 1.807) is 19.3 Å². The fraction of sp³-hybridized carbons (Fsp3) is 0.375. The average molecular weight is 166 g/mol. The van der Waals surface area contributed by atoms with Gasteiger partial charge in [-0.3, -0.25) is 4.79 Å². The number of rotatable bonds is 3. The molecule has 1 heterocycles. The predicted octanol–water partition coefficient (Wildman–Crippen LogP) is 0.740. The van der Waals surface area contributed by atoms with Crippen LogP contribution < -0.4 is 0 Å². The number of hydrogen-bond donors (Lipinski definition) is 1. The van der Waals surface area contributed by atoms with Crippen molar-refractivity contribution in [3.05, 3.63) is 24.3 Å². The molecule has 0 bridgehead atoms. The summed E-state index contributed by atoms with van der Waals surface area (Å²) in [6, 6.07) is 0. The Kier molecular flexibility index (Phi) is 2.74. The van der Waals surface area contributed by atoms with E-state index in [1.807, 2.05) is 0 Å². The van der Waals surface area contributed by atoms with Gasteiger partial charge < -0.3 is 5.11 Å². The quantitative estimate of drug-likeness (QED) is 0.719. The lowest BCUT2D eigenvalue weighted by Gasteiger charge is -2.03. The Morgan fingerprint density at radius 3 is 2.67 bits per heavy atom. The van der Waals surface area contributed by atoms with Crippen molar-refractivity contribution in [1.29, 1.82) is 0 Å². The molecule has 0 aromatic carbocycles. The Labute approximate surface area is 70.3 Å². The largest absolute Gasteiger partial charge is 0.481 e. The average Bonchev–Trinajstić information content (AvgIpc) is 2.06. The summed E-state index contributed by atoms with van der Waals surface area (Å²) in [5.74, 6) is -1.17. The van der Waals surface area contributed by atoms with Gasteiger partial charge in [0.2, 0.25) is 0 Å². The van der Waals surface area contributed by atoms with Crippen LogP contribution in [0.25, 0.3) is 0 Å². The van der Waals surface area contributed by atoms with E-state index in [-0.39, 0.29) is 5.92 Å². The van der Waals surface area contributed by atoms with E-state index in [0.717, 1.165) is 5.56 Å². The first-order valence-electron chi connectivity index (χ1n) is 3.67. The first-order valence-corrected chi connectivity index (χ1v) is 3.67. The molecule has 0 aliphatic carbocycles. The van der Waals surface area contributed by atoms with Gasteiger partial charge in [0.15, 0.2) is 0 Å². The van der Waals surface area contributed by atoms with E-state index < -0.39 is 5.97 Å². The molecule has 1 aromatic heterocycles. The molecule has 0 fully saturated rings. The van der Waals surface area contributed by atoms with Gasteiger partial charge in [-0.1, -0.05) is 6.92 Å². The molecule has 0 radical (unpaired) electrons. The molecule has 0 saturated carbocycles. The highest BCUT2D eigenvalue weighted by molar-refractivity contribution is 5.69. The number of carboxylic acids is 1. The van der Waals surface area contributed by atoms with Gasteiger partial charge in [0.1, 0.15) is 6.33 Å². The molecule has 0 aliphatic heterocycles. The number of carbonyl (C=O) groups is 1. The minimum absolute atomic E-state index is 0.379. The van der Waals surface area contributed by atoms with E-state index in [2.05, 4.69) is 9.97 Å². The zero-order valence-corrected chi connectivity index (χ0v) is 6.77. The third-order valence-electron chi connectivity index (χ3n) is 1.58. The number of carboxylic acid groups (broad SMARTS) is 1. The van der Waals surface area contributed by atoms with Gasteiger partial charge in [0, 0.05) is 12.4 Å². The number of hydrogen-bond acceptors (Lipinski definition) is 3. The van der Waals surface area contributed by atoms with Crippen molar-refractivity contribution in [2.75, 3.05) is 0 Å². The van der Waals surface area contributed by atoms with Crippen molar-refractivity contribution in [2.45, 2.75) is 13.3 Å². The standard InChI is InChI=1S/C8H10N2O2/c1-6(8(11)12)2-7-3-9-5-10-4-7/h3-6H,2H2,1H3,(H,11,12). The summed E-state index contributed by atoms with van der Waals surface area (Å²) in [6.07, 6.45) is 5.17. The highest BCUT2D eigenvalue weighted by Crippen LogP contribution is 2.05. The number of aliphatic carboxylic acids is 1. The van der Waals surface area contributed by atoms with E-state index in [0.29, 0.717) is 6.42 Å². The molecule has 1 N–H and O–H groups in total. The van der Waals surface area contributed by atoms with Crippen LogP contribution in [0.1, 0.15) is 12.5 Å². The summed E-state index contributed by atoms with van der Waals surface area (Å²) in [4.78, 5) is 18.0. The smallest absolute Gasteiger partial charge is 0.306 e. The van der Waals surface area contributed by atoms with Gasteiger partial charge in [-0.2, -0.15) is 0 Å². The molecule has 64 valence electrons. The van der Waals surface area contributed by atoms with Crippen molar-refractivity contribution in [1.82, 2.24) is 9.97 Å². The summed E-state index contributed by atoms with van der Waals surface area (Å²) in [7, 11) is 0. The number of nitrogens with zero attached hydrogens (tertiary/aromatic N) is 2. The lowest BCUT2D eigenvalue weighted by Crippen LogP contribution is -2.12. The maximum absolute atomic E-state index is 10.5. The third-order valence-corrected chi connectivity index (χ3v) is 1.58. The van der Waals surface area contributed by atoms with Gasteiger partial charge in [-0.25, -0.2) is 9.97 Å². The first-order chi connectivity index (χ1) is 5.70. The molecule has 0 saturated heterocycles. The summed E-state index contributed by atoms with van der Waals surface area (Å²) >= 11 is 0. The monoisotopic (exact) mass is 166 g/mol. The second-order valence-corrected chi connectivity index (χ2v) is 2.69. The van der Waals surface area contributed by atoms with Crippen molar-refractivity contribution in [3.8, 4) is 0 Å². The van der Waals surface area contributed by atoms with Crippen molar-refractivity contribution in [2.24, 2.45) is 5.92 Å². The van der Waals surface area contributed by atoms with Crippen LogP contribution in [0.2, 0.25) is 0 Å². The SMILES string of the molecule is CC(Cc1cncnc1)C(=O)O. The van der Waals surface area contributed by atoms with Gasteiger partial charge in [0.05, 0.1) is 5.92 Å². The fourth-order valence-electron chi connectivity index (χ4n) is 0.876. The molecular formula is C8H10N2O2. The Hall–Kier alpha value is -1.45. The van der Waals surface area contributed by atoms with E-state index in [4.69, 9.17) is 5.11 Å². The van der Waals surface area contributed by atoms with Crippen LogP contribution in [0.5, 0.6) is 0 Å². The van der Waals surface area contributed by atoms with Crippen LogP contribution >= 0.6 is 0 Å². The van der Waals surface area contributed by atoms with E-state index in [1.165, 1.54) is 6.33 Å². The van der Waals surface area contributed by atoms with E-state index >= 15 is 0 Å². The lowest BCUT2D eigenvalue weighted by atomic mass is 10.0.